The minimum absolute atomic E-state index is 0.0573. The van der Waals surface area contributed by atoms with E-state index in [1.165, 1.54) is 29.5 Å². The summed E-state index contributed by atoms with van der Waals surface area (Å²) in [4.78, 5) is 17.9. The van der Waals surface area contributed by atoms with E-state index in [9.17, 15) is 18.3 Å². The number of hydrogen-bond acceptors (Lipinski definition) is 7. The quantitative estimate of drug-likeness (QED) is 0.174. The molecule has 3 aromatic carbocycles. The number of amides is 1. The van der Waals surface area contributed by atoms with E-state index in [0.717, 1.165) is 16.3 Å². The van der Waals surface area contributed by atoms with Crippen molar-refractivity contribution in [2.24, 2.45) is 0 Å². The van der Waals surface area contributed by atoms with Gasteiger partial charge < -0.3 is 15.2 Å². The lowest BCUT2D eigenvalue weighted by atomic mass is 9.93. The van der Waals surface area contributed by atoms with Gasteiger partial charge in [0.2, 0.25) is 0 Å². The Morgan fingerprint density at radius 2 is 1.78 bits per heavy atom. The third kappa shape index (κ3) is 8.23. The number of phenolic OH excluding ortho intramolecular Hbond substituents is 1. The number of aromatic hydroxyl groups is 1. The van der Waals surface area contributed by atoms with Gasteiger partial charge in [-0.1, -0.05) is 50.0 Å². The number of phenols is 1. The van der Waals surface area contributed by atoms with Crippen molar-refractivity contribution in [2.75, 3.05) is 11.1 Å². The molecule has 11 heteroatoms. The van der Waals surface area contributed by atoms with Crippen LogP contribution >= 0.6 is 34.5 Å². The molecule has 216 valence electrons. The van der Waals surface area contributed by atoms with Gasteiger partial charge in [0.15, 0.2) is 9.84 Å². The van der Waals surface area contributed by atoms with Gasteiger partial charge in [-0.3, -0.25) is 4.79 Å². The topological polar surface area (TPSA) is 106 Å². The molecule has 0 spiro atoms. The molecule has 0 saturated carbocycles. The largest absolute Gasteiger partial charge is 0.506 e. The lowest BCUT2D eigenvalue weighted by molar-refractivity contribution is 0.102. The van der Waals surface area contributed by atoms with Gasteiger partial charge in [0, 0.05) is 15.8 Å². The van der Waals surface area contributed by atoms with Gasteiger partial charge in [0.25, 0.3) is 5.91 Å². The van der Waals surface area contributed by atoms with E-state index in [-0.39, 0.29) is 44.7 Å². The van der Waals surface area contributed by atoms with Crippen LogP contribution in [0.3, 0.4) is 0 Å². The van der Waals surface area contributed by atoms with Gasteiger partial charge in [0.05, 0.1) is 32.6 Å². The predicted molar refractivity (Wildman–Crippen MR) is 164 cm³/mol. The van der Waals surface area contributed by atoms with Gasteiger partial charge in [0.1, 0.15) is 23.1 Å². The van der Waals surface area contributed by atoms with E-state index in [1.807, 2.05) is 5.38 Å². The van der Waals surface area contributed by atoms with Crippen molar-refractivity contribution in [2.45, 2.75) is 50.5 Å². The fourth-order valence-electron chi connectivity index (χ4n) is 3.89. The fraction of sp³-hybridized carbons (Fsp3) is 0.267. The van der Waals surface area contributed by atoms with Crippen molar-refractivity contribution >= 4 is 56.0 Å². The smallest absolute Gasteiger partial charge is 0.257 e. The molecule has 4 aromatic rings. The highest BCUT2D eigenvalue weighted by Gasteiger charge is 2.19. The molecule has 0 bridgehead atoms. The minimum Gasteiger partial charge on any atom is -0.506 e. The lowest BCUT2D eigenvalue weighted by Crippen LogP contribution is -2.13. The Morgan fingerprint density at radius 1 is 1.05 bits per heavy atom. The summed E-state index contributed by atoms with van der Waals surface area (Å²) in [6.07, 6.45) is 0.776. The molecule has 2 N–H and O–H groups in total. The fourth-order valence-corrected chi connectivity index (χ4v) is 6.46. The molecule has 41 heavy (non-hydrogen) atoms. The maximum absolute atomic E-state index is 13.1. The van der Waals surface area contributed by atoms with E-state index < -0.39 is 15.7 Å². The number of aromatic nitrogens is 1. The number of aryl methyl sites for hydroxylation is 1. The number of nitrogens with one attached hydrogen (secondary N) is 1. The van der Waals surface area contributed by atoms with Crippen LogP contribution in [-0.4, -0.2) is 30.2 Å². The molecule has 0 aliphatic heterocycles. The molecule has 1 heterocycles. The second-order valence-corrected chi connectivity index (χ2v) is 14.4. The molecule has 1 amide bonds. The summed E-state index contributed by atoms with van der Waals surface area (Å²) in [5.41, 5.74) is 2.05. The van der Waals surface area contributed by atoms with Gasteiger partial charge in [-0.25, -0.2) is 13.4 Å². The van der Waals surface area contributed by atoms with Crippen molar-refractivity contribution in [3.63, 3.8) is 0 Å². The Balaban J connectivity index is 1.39. The molecule has 0 saturated heterocycles. The molecular weight excluding hydrogens is 603 g/mol. The van der Waals surface area contributed by atoms with Crippen molar-refractivity contribution < 1.29 is 23.1 Å². The van der Waals surface area contributed by atoms with Crippen LogP contribution < -0.4 is 10.1 Å². The number of ether oxygens (including phenoxy) is 1. The number of hydrogen-bond donors (Lipinski definition) is 2. The number of rotatable bonds is 10. The summed E-state index contributed by atoms with van der Waals surface area (Å²) in [5.74, 6) is -0.259. The van der Waals surface area contributed by atoms with Crippen LogP contribution in [0.1, 0.15) is 53.8 Å². The normalized spacial score (nSPS) is 11.8. The Morgan fingerprint density at radius 3 is 2.46 bits per heavy atom. The number of nitrogens with zero attached hydrogens (tertiary/aromatic N) is 1. The van der Waals surface area contributed by atoms with E-state index in [0.29, 0.717) is 23.6 Å². The number of anilines is 1. The first-order valence-corrected chi connectivity index (χ1v) is 16.1. The zero-order valence-corrected chi connectivity index (χ0v) is 25.9. The Bertz CT molecular complexity index is 1650. The van der Waals surface area contributed by atoms with Crippen LogP contribution in [0.2, 0.25) is 10.0 Å². The first kappa shape index (κ1) is 30.8. The van der Waals surface area contributed by atoms with Crippen LogP contribution in [-0.2, 0) is 28.3 Å². The van der Waals surface area contributed by atoms with Crippen LogP contribution in [0.4, 0.5) is 5.69 Å². The zero-order chi connectivity index (χ0) is 29.8. The van der Waals surface area contributed by atoms with Gasteiger partial charge >= 0.3 is 0 Å². The second kappa shape index (κ2) is 12.8. The summed E-state index contributed by atoms with van der Waals surface area (Å²) in [5, 5.41) is 16.6. The van der Waals surface area contributed by atoms with Crippen molar-refractivity contribution in [1.82, 2.24) is 4.98 Å². The molecule has 0 aliphatic rings. The zero-order valence-electron chi connectivity index (χ0n) is 22.8. The predicted octanol–water partition coefficient (Wildman–Crippen LogP) is 7.69. The van der Waals surface area contributed by atoms with E-state index in [4.69, 9.17) is 27.9 Å². The van der Waals surface area contributed by atoms with Crippen molar-refractivity contribution in [1.29, 1.82) is 0 Å². The van der Waals surface area contributed by atoms with Crippen molar-refractivity contribution in [3.8, 4) is 11.5 Å². The Kier molecular flexibility index (Phi) is 9.64. The summed E-state index contributed by atoms with van der Waals surface area (Å²) in [6.45, 7) is 6.53. The van der Waals surface area contributed by atoms with E-state index in [2.05, 4.69) is 31.1 Å². The number of benzene rings is 3. The molecular formula is C30H30Cl2N2O5S2. The average molecular weight is 634 g/mol. The first-order valence-electron chi connectivity index (χ1n) is 12.8. The molecule has 4 rings (SSSR count). The van der Waals surface area contributed by atoms with Crippen LogP contribution in [0.25, 0.3) is 0 Å². The van der Waals surface area contributed by atoms with Gasteiger partial charge in [-0.15, -0.1) is 11.3 Å². The molecule has 0 unspecified atom stereocenters. The number of sulfone groups is 1. The highest BCUT2D eigenvalue weighted by atomic mass is 35.5. The lowest BCUT2D eigenvalue weighted by Gasteiger charge is -2.14. The highest BCUT2D eigenvalue weighted by molar-refractivity contribution is 7.91. The number of thiazole rings is 1. The van der Waals surface area contributed by atoms with Crippen LogP contribution in [0, 0.1) is 0 Å². The summed E-state index contributed by atoms with van der Waals surface area (Å²) in [7, 11) is -3.47. The standard InChI is InChI=1S/C30H30Cl2N2O5S2/c1-30(2,3)27-18-40-28(34-27)17-39-21-9-12-24(32)23(16-21)29(36)33-25-15-19(6-13-26(25)35)5-4-14-41(37,38)22-10-7-20(31)8-11-22/h6-13,15-16,18,35H,4-5,14,17H2,1-3H3,(H,33,36). The summed E-state index contributed by atoms with van der Waals surface area (Å²) in [6, 6.07) is 15.6. The average Bonchev–Trinajstić information content (AvgIpc) is 3.40. The third-order valence-corrected chi connectivity index (χ3v) is 9.45. The van der Waals surface area contributed by atoms with Crippen LogP contribution in [0.15, 0.2) is 70.9 Å². The maximum atomic E-state index is 13.1. The number of halogens is 2. The molecule has 0 aliphatic carbocycles. The Hall–Kier alpha value is -3.11. The highest BCUT2D eigenvalue weighted by Crippen LogP contribution is 2.29. The molecule has 0 radical (unpaired) electrons. The minimum atomic E-state index is -3.47. The van der Waals surface area contributed by atoms with Crippen LogP contribution in [0.5, 0.6) is 11.5 Å². The monoisotopic (exact) mass is 632 g/mol. The van der Waals surface area contributed by atoms with E-state index in [1.54, 1.807) is 42.5 Å². The maximum Gasteiger partial charge on any atom is 0.257 e. The van der Waals surface area contributed by atoms with E-state index >= 15 is 0 Å². The molecule has 1 aromatic heterocycles. The summed E-state index contributed by atoms with van der Waals surface area (Å²) < 4.78 is 31.1. The van der Waals surface area contributed by atoms with Gasteiger partial charge in [-0.05, 0) is 73.0 Å². The SMILES string of the molecule is CC(C)(C)c1csc(COc2ccc(Cl)c(C(=O)Nc3cc(CCCS(=O)(=O)c4ccc(Cl)cc4)ccc3O)c2)n1. The van der Waals surface area contributed by atoms with Gasteiger partial charge in [-0.2, -0.15) is 0 Å². The molecule has 7 nitrogen and oxygen atoms in total. The summed E-state index contributed by atoms with van der Waals surface area (Å²) >= 11 is 13.7. The molecule has 0 atom stereocenters. The number of carbonyl (C=O) groups is 1. The first-order chi connectivity index (χ1) is 19.3. The molecule has 0 fully saturated rings. The Labute approximate surface area is 254 Å². The number of carbonyl (C=O) groups excluding carboxylic acids is 1. The third-order valence-electron chi connectivity index (χ3n) is 6.23. The van der Waals surface area contributed by atoms with Crippen molar-refractivity contribution in [3.05, 3.63) is 97.9 Å². The second-order valence-electron chi connectivity index (χ2n) is 10.5.